The Morgan fingerprint density at radius 1 is 1.07 bits per heavy atom. The Kier molecular flexibility index (Phi) is 9.80. The van der Waals surface area contributed by atoms with Crippen LogP contribution in [0.3, 0.4) is 0 Å². The fourth-order valence-electron chi connectivity index (χ4n) is 7.12. The van der Waals surface area contributed by atoms with Crippen molar-refractivity contribution in [1.29, 1.82) is 0 Å². The van der Waals surface area contributed by atoms with Gasteiger partial charge in [0.15, 0.2) is 0 Å². The van der Waals surface area contributed by atoms with E-state index in [1.54, 1.807) is 7.11 Å². The van der Waals surface area contributed by atoms with Crippen LogP contribution in [0.2, 0.25) is 18.6 Å². The monoisotopic (exact) mass is 590 g/mol. The van der Waals surface area contributed by atoms with Gasteiger partial charge in [0.2, 0.25) is 5.91 Å². The SMILES string of the molecule is COc1ccc([Si](C)(C)[C@@H]2[C@@H](C)[C@@H](CCc3cccc(N4CCCCC4=O)c3)O[C@H]2CCn2cc(CCO)nn2)cc1. The van der Waals surface area contributed by atoms with Crippen LogP contribution in [-0.2, 0) is 28.9 Å². The van der Waals surface area contributed by atoms with Crippen molar-refractivity contribution in [3.63, 3.8) is 0 Å². The standard InChI is InChI=1S/C33H46N4O4Si/c1-24-30(16-11-25-8-7-9-27(22-25)37-19-6-5-10-32(37)39)41-31(17-20-36-23-26(18-21-38)34-35-36)33(24)42(3,4)29-14-12-28(40-2)13-15-29/h7-9,12-15,22-24,30-31,33,38H,5-6,10-11,16-21H2,1-4H3/t24-,30+,31-,33+/m0/s1. The molecule has 2 fully saturated rings. The van der Waals surface area contributed by atoms with Gasteiger partial charge in [-0.15, -0.1) is 5.10 Å². The van der Waals surface area contributed by atoms with Gasteiger partial charge in [0, 0.05) is 44.4 Å². The summed E-state index contributed by atoms with van der Waals surface area (Å²) in [6.45, 7) is 8.95. The molecule has 0 unspecified atom stereocenters. The van der Waals surface area contributed by atoms with Gasteiger partial charge < -0.3 is 19.5 Å². The predicted octanol–water partition coefficient (Wildman–Crippen LogP) is 4.75. The number of piperidine rings is 1. The number of carbonyl (C=O) groups is 1. The molecule has 0 saturated carbocycles. The molecule has 2 aromatic carbocycles. The quantitative estimate of drug-likeness (QED) is 0.306. The summed E-state index contributed by atoms with van der Waals surface area (Å²) in [7, 11) is -0.237. The van der Waals surface area contributed by atoms with Crippen LogP contribution >= 0.6 is 0 Å². The van der Waals surface area contributed by atoms with Crippen molar-refractivity contribution in [2.45, 2.75) is 89.3 Å². The number of aliphatic hydroxyl groups excluding tert-OH is 1. The highest BCUT2D eigenvalue weighted by atomic mass is 28.3. The number of anilines is 1. The van der Waals surface area contributed by atoms with Crippen molar-refractivity contribution >= 4 is 24.9 Å². The number of carbonyl (C=O) groups excluding carboxylic acids is 1. The molecular formula is C33H46N4O4Si. The summed E-state index contributed by atoms with van der Waals surface area (Å²) in [4.78, 5) is 14.5. The van der Waals surface area contributed by atoms with Crippen molar-refractivity contribution in [3.05, 3.63) is 66.0 Å². The lowest BCUT2D eigenvalue weighted by atomic mass is 9.95. The number of ether oxygens (including phenoxy) is 2. The van der Waals surface area contributed by atoms with E-state index in [1.165, 1.54) is 10.8 Å². The zero-order chi connectivity index (χ0) is 29.7. The second-order valence-electron chi connectivity index (χ2n) is 12.5. The molecule has 1 amide bonds. The van der Waals surface area contributed by atoms with Crippen LogP contribution in [0.5, 0.6) is 5.75 Å². The van der Waals surface area contributed by atoms with Crippen LogP contribution in [0.1, 0.15) is 50.3 Å². The summed E-state index contributed by atoms with van der Waals surface area (Å²) < 4.78 is 14.3. The molecule has 5 rings (SSSR count). The number of hydrogen-bond donors (Lipinski definition) is 1. The molecular weight excluding hydrogens is 544 g/mol. The maximum Gasteiger partial charge on any atom is 0.226 e. The molecule has 3 aromatic rings. The minimum Gasteiger partial charge on any atom is -0.497 e. The largest absolute Gasteiger partial charge is 0.497 e. The fraction of sp³-hybridized carbons (Fsp3) is 0.545. The molecule has 1 aromatic heterocycles. The van der Waals surface area contributed by atoms with Gasteiger partial charge in [-0.3, -0.25) is 9.48 Å². The molecule has 2 aliphatic rings. The molecule has 0 bridgehead atoms. The van der Waals surface area contributed by atoms with Gasteiger partial charge in [0.25, 0.3) is 0 Å². The van der Waals surface area contributed by atoms with Gasteiger partial charge in [0.05, 0.1) is 33.1 Å². The van der Waals surface area contributed by atoms with Crippen LogP contribution in [0, 0.1) is 5.92 Å². The first-order valence-electron chi connectivity index (χ1n) is 15.5. The lowest BCUT2D eigenvalue weighted by Crippen LogP contribution is -2.50. The van der Waals surface area contributed by atoms with Gasteiger partial charge in [-0.1, -0.05) is 54.7 Å². The first-order chi connectivity index (χ1) is 20.3. The van der Waals surface area contributed by atoms with Gasteiger partial charge in [-0.2, -0.15) is 0 Å². The zero-order valence-corrected chi connectivity index (χ0v) is 26.5. The van der Waals surface area contributed by atoms with E-state index in [0.717, 1.165) is 62.3 Å². The number of amides is 1. The molecule has 2 aliphatic heterocycles. The minimum absolute atomic E-state index is 0.0740. The topological polar surface area (TPSA) is 89.7 Å². The van der Waals surface area contributed by atoms with E-state index >= 15 is 0 Å². The van der Waals surface area contributed by atoms with Crippen molar-refractivity contribution in [3.8, 4) is 5.75 Å². The van der Waals surface area contributed by atoms with E-state index in [9.17, 15) is 9.90 Å². The van der Waals surface area contributed by atoms with Crippen molar-refractivity contribution in [2.24, 2.45) is 5.92 Å². The molecule has 0 radical (unpaired) electrons. The highest BCUT2D eigenvalue weighted by Gasteiger charge is 2.50. The first-order valence-corrected chi connectivity index (χ1v) is 18.6. The second kappa shape index (κ2) is 13.5. The molecule has 42 heavy (non-hydrogen) atoms. The Bertz CT molecular complexity index is 1330. The van der Waals surface area contributed by atoms with Gasteiger partial charge in [-0.05, 0) is 73.4 Å². The number of methoxy groups -OCH3 is 1. The molecule has 0 spiro atoms. The van der Waals surface area contributed by atoms with Crippen LogP contribution in [0.25, 0.3) is 0 Å². The lowest BCUT2D eigenvalue weighted by molar-refractivity contribution is -0.119. The average Bonchev–Trinajstić information content (AvgIpc) is 3.59. The molecule has 0 aliphatic carbocycles. The smallest absolute Gasteiger partial charge is 0.226 e. The highest BCUT2D eigenvalue weighted by molar-refractivity contribution is 6.91. The number of hydrogen-bond acceptors (Lipinski definition) is 6. The van der Waals surface area contributed by atoms with E-state index in [0.29, 0.717) is 24.3 Å². The normalized spacial score (nSPS) is 23.0. The van der Waals surface area contributed by atoms with Crippen molar-refractivity contribution < 1.29 is 19.4 Å². The second-order valence-corrected chi connectivity index (χ2v) is 17.2. The third-order valence-electron chi connectivity index (χ3n) is 9.43. The lowest BCUT2D eigenvalue weighted by Gasteiger charge is -2.36. The molecule has 8 nitrogen and oxygen atoms in total. The maximum atomic E-state index is 12.5. The molecule has 3 heterocycles. The Morgan fingerprint density at radius 2 is 1.88 bits per heavy atom. The van der Waals surface area contributed by atoms with Crippen molar-refractivity contribution in [2.75, 3.05) is 25.2 Å². The highest BCUT2D eigenvalue weighted by Crippen LogP contribution is 2.46. The summed E-state index contributed by atoms with van der Waals surface area (Å²) in [5.74, 6) is 1.52. The Labute approximate surface area is 251 Å². The summed E-state index contributed by atoms with van der Waals surface area (Å²) >= 11 is 0. The summed E-state index contributed by atoms with van der Waals surface area (Å²) in [5, 5.41) is 19.2. The zero-order valence-electron chi connectivity index (χ0n) is 25.5. The van der Waals surface area contributed by atoms with Crippen LogP contribution in [-0.4, -0.2) is 66.6 Å². The Morgan fingerprint density at radius 3 is 2.62 bits per heavy atom. The van der Waals surface area contributed by atoms with E-state index in [2.05, 4.69) is 78.9 Å². The number of aryl methyl sites for hydroxylation is 2. The molecule has 1 N–H and O–H groups in total. The van der Waals surface area contributed by atoms with E-state index in [1.807, 2.05) is 15.8 Å². The first kappa shape index (κ1) is 30.4. The van der Waals surface area contributed by atoms with E-state index < -0.39 is 8.07 Å². The number of benzene rings is 2. The summed E-state index contributed by atoms with van der Waals surface area (Å²) in [6, 6.07) is 17.2. The molecule has 226 valence electrons. The van der Waals surface area contributed by atoms with E-state index in [-0.39, 0.29) is 24.7 Å². The maximum absolute atomic E-state index is 12.5. The fourth-order valence-corrected chi connectivity index (χ4v) is 11.2. The number of rotatable bonds is 12. The minimum atomic E-state index is -1.95. The predicted molar refractivity (Wildman–Crippen MR) is 168 cm³/mol. The summed E-state index contributed by atoms with van der Waals surface area (Å²) in [6.07, 6.45) is 8.17. The van der Waals surface area contributed by atoms with Gasteiger partial charge >= 0.3 is 0 Å². The number of aliphatic hydroxyl groups is 1. The average molecular weight is 591 g/mol. The van der Waals surface area contributed by atoms with Crippen molar-refractivity contribution in [1.82, 2.24) is 15.0 Å². The Hall–Kier alpha value is -3.01. The Balaban J connectivity index is 1.32. The van der Waals surface area contributed by atoms with Gasteiger partial charge in [0.1, 0.15) is 5.75 Å². The van der Waals surface area contributed by atoms with Crippen LogP contribution < -0.4 is 14.8 Å². The third kappa shape index (κ3) is 6.79. The van der Waals surface area contributed by atoms with Gasteiger partial charge in [-0.25, -0.2) is 0 Å². The number of aromatic nitrogens is 3. The third-order valence-corrected chi connectivity index (χ3v) is 13.8. The molecule has 2 saturated heterocycles. The van der Waals surface area contributed by atoms with Crippen LogP contribution in [0.4, 0.5) is 5.69 Å². The number of nitrogens with zero attached hydrogens (tertiary/aromatic N) is 4. The molecule has 4 atom stereocenters. The molecule has 9 heteroatoms. The van der Waals surface area contributed by atoms with Crippen LogP contribution in [0.15, 0.2) is 54.7 Å². The van der Waals surface area contributed by atoms with E-state index in [4.69, 9.17) is 9.47 Å². The summed E-state index contributed by atoms with van der Waals surface area (Å²) in [5.41, 5.74) is 3.53.